The van der Waals surface area contributed by atoms with Gasteiger partial charge in [0.05, 0.1) is 13.7 Å². The number of methoxy groups -OCH3 is 1. The first-order chi connectivity index (χ1) is 14.1. The summed E-state index contributed by atoms with van der Waals surface area (Å²) in [6.07, 6.45) is 5.45. The summed E-state index contributed by atoms with van der Waals surface area (Å²) in [5.74, 6) is 1.98. The molecule has 29 heavy (non-hydrogen) atoms. The molecule has 4 rings (SSSR count). The first kappa shape index (κ1) is 19.4. The van der Waals surface area contributed by atoms with Crippen molar-refractivity contribution in [2.75, 3.05) is 38.2 Å². The average molecular weight is 393 g/mol. The van der Waals surface area contributed by atoms with E-state index in [-0.39, 0.29) is 0 Å². The summed E-state index contributed by atoms with van der Waals surface area (Å²) in [5.41, 5.74) is 4.69. The Kier molecular flexibility index (Phi) is 5.76. The highest BCUT2D eigenvalue weighted by Gasteiger charge is 2.20. The molecule has 0 N–H and O–H groups in total. The lowest BCUT2D eigenvalue weighted by Gasteiger charge is -2.36. The van der Waals surface area contributed by atoms with Crippen LogP contribution < -0.4 is 9.64 Å². The number of aryl methyl sites for hydroxylation is 1. The van der Waals surface area contributed by atoms with Gasteiger partial charge in [-0.15, -0.1) is 0 Å². The zero-order valence-corrected chi connectivity index (χ0v) is 17.4. The van der Waals surface area contributed by atoms with E-state index in [1.165, 1.54) is 11.1 Å². The van der Waals surface area contributed by atoms with E-state index >= 15 is 0 Å². The van der Waals surface area contributed by atoms with Crippen molar-refractivity contribution in [1.29, 1.82) is 0 Å². The summed E-state index contributed by atoms with van der Waals surface area (Å²) in [4.78, 5) is 13.7. The molecule has 2 aromatic heterocycles. The number of piperazine rings is 1. The van der Waals surface area contributed by atoms with Crippen molar-refractivity contribution < 1.29 is 4.74 Å². The molecule has 0 aliphatic carbocycles. The van der Waals surface area contributed by atoms with Gasteiger partial charge < -0.3 is 9.64 Å². The predicted octanol–water partition coefficient (Wildman–Crippen LogP) is 2.67. The Labute approximate surface area is 172 Å². The van der Waals surface area contributed by atoms with Crippen LogP contribution in [0.2, 0.25) is 0 Å². The number of rotatable bonds is 6. The Bertz CT molecular complexity index is 948. The maximum absolute atomic E-state index is 5.55. The van der Waals surface area contributed by atoms with E-state index in [0.29, 0.717) is 6.54 Å². The zero-order chi connectivity index (χ0) is 20.2. The van der Waals surface area contributed by atoms with Crippen LogP contribution in [0.3, 0.4) is 0 Å². The summed E-state index contributed by atoms with van der Waals surface area (Å²) in [7, 11) is 1.72. The summed E-state index contributed by atoms with van der Waals surface area (Å²) < 4.78 is 7.47. The third kappa shape index (κ3) is 4.40. The Morgan fingerprint density at radius 2 is 1.86 bits per heavy atom. The summed E-state index contributed by atoms with van der Waals surface area (Å²) in [6, 6.07) is 8.41. The summed E-state index contributed by atoms with van der Waals surface area (Å²) >= 11 is 0. The van der Waals surface area contributed by atoms with Gasteiger partial charge in [-0.2, -0.15) is 5.10 Å². The second-order valence-electron chi connectivity index (χ2n) is 7.52. The van der Waals surface area contributed by atoms with Crippen molar-refractivity contribution in [2.24, 2.45) is 0 Å². The normalized spacial score (nSPS) is 14.9. The Morgan fingerprint density at radius 3 is 2.59 bits per heavy atom. The molecule has 3 aromatic rings. The van der Waals surface area contributed by atoms with Crippen LogP contribution in [0.1, 0.15) is 22.4 Å². The fraction of sp³-hybridized carbons (Fsp3) is 0.409. The van der Waals surface area contributed by atoms with E-state index in [4.69, 9.17) is 4.74 Å². The molecule has 1 aliphatic heterocycles. The number of benzene rings is 1. The molecule has 0 spiro atoms. The lowest BCUT2D eigenvalue weighted by atomic mass is 10.1. The molecular weight excluding hydrogens is 364 g/mol. The van der Waals surface area contributed by atoms with Gasteiger partial charge in [-0.3, -0.25) is 9.58 Å². The minimum absolute atomic E-state index is 0.712. The van der Waals surface area contributed by atoms with Gasteiger partial charge in [-0.25, -0.2) is 9.97 Å². The van der Waals surface area contributed by atoms with Gasteiger partial charge in [0, 0.05) is 61.9 Å². The Hall–Kier alpha value is -2.93. The van der Waals surface area contributed by atoms with Gasteiger partial charge >= 0.3 is 0 Å². The smallest absolute Gasteiger partial charge is 0.135 e. The molecule has 0 radical (unpaired) electrons. The first-order valence-corrected chi connectivity index (χ1v) is 10.0. The number of hydrogen-bond donors (Lipinski definition) is 0. The number of anilines is 1. The summed E-state index contributed by atoms with van der Waals surface area (Å²) in [5, 5.41) is 4.32. The second-order valence-corrected chi connectivity index (χ2v) is 7.52. The highest BCUT2D eigenvalue weighted by atomic mass is 16.5. The molecule has 1 aromatic carbocycles. The second kappa shape index (κ2) is 8.61. The predicted molar refractivity (Wildman–Crippen MR) is 113 cm³/mol. The molecule has 0 bridgehead atoms. The largest absolute Gasteiger partial charge is 0.496 e. The van der Waals surface area contributed by atoms with Crippen molar-refractivity contribution in [3.63, 3.8) is 0 Å². The number of ether oxygens (including phenoxy) is 1. The number of aromatic nitrogens is 4. The summed E-state index contributed by atoms with van der Waals surface area (Å²) in [6.45, 7) is 9.79. The van der Waals surface area contributed by atoms with Crippen LogP contribution in [0, 0.1) is 13.8 Å². The van der Waals surface area contributed by atoms with E-state index in [9.17, 15) is 0 Å². The highest BCUT2D eigenvalue weighted by molar-refractivity contribution is 5.47. The molecular formula is C22H28N6O. The molecule has 0 atom stereocenters. The van der Waals surface area contributed by atoms with Crippen LogP contribution in [0.25, 0.3) is 0 Å². The molecule has 7 heteroatoms. The fourth-order valence-corrected chi connectivity index (χ4v) is 3.84. The lowest BCUT2D eigenvalue weighted by molar-refractivity contribution is 0.249. The average Bonchev–Trinajstić information content (AvgIpc) is 3.24. The molecule has 1 fully saturated rings. The molecule has 0 unspecified atom stereocenters. The van der Waals surface area contributed by atoms with Crippen LogP contribution in [-0.4, -0.2) is 57.9 Å². The van der Waals surface area contributed by atoms with E-state index < -0.39 is 0 Å². The third-order valence-corrected chi connectivity index (χ3v) is 5.62. The number of nitrogens with zero attached hydrogens (tertiary/aromatic N) is 6. The van der Waals surface area contributed by atoms with E-state index in [0.717, 1.165) is 55.5 Å². The van der Waals surface area contributed by atoms with Crippen LogP contribution in [-0.2, 0) is 13.1 Å². The Balaban J connectivity index is 1.41. The van der Waals surface area contributed by atoms with Gasteiger partial charge in [0.2, 0.25) is 0 Å². The zero-order valence-electron chi connectivity index (χ0n) is 17.4. The minimum atomic E-state index is 0.712. The maximum atomic E-state index is 5.55. The van der Waals surface area contributed by atoms with Gasteiger partial charge in [-0.05, 0) is 37.6 Å². The molecule has 0 amide bonds. The molecule has 3 heterocycles. The Morgan fingerprint density at radius 1 is 1.03 bits per heavy atom. The van der Waals surface area contributed by atoms with Crippen LogP contribution >= 0.6 is 0 Å². The van der Waals surface area contributed by atoms with Crippen LogP contribution in [0.5, 0.6) is 5.75 Å². The van der Waals surface area contributed by atoms with E-state index in [2.05, 4.69) is 50.0 Å². The van der Waals surface area contributed by atoms with Crippen molar-refractivity contribution in [1.82, 2.24) is 24.6 Å². The third-order valence-electron chi connectivity index (χ3n) is 5.62. The van der Waals surface area contributed by atoms with Crippen molar-refractivity contribution >= 4 is 5.82 Å². The van der Waals surface area contributed by atoms with Crippen molar-refractivity contribution in [3.8, 4) is 5.75 Å². The van der Waals surface area contributed by atoms with Gasteiger partial charge in [0.15, 0.2) is 0 Å². The monoisotopic (exact) mass is 392 g/mol. The molecule has 7 nitrogen and oxygen atoms in total. The van der Waals surface area contributed by atoms with Crippen molar-refractivity contribution in [2.45, 2.75) is 26.9 Å². The molecule has 0 saturated carbocycles. The van der Waals surface area contributed by atoms with Crippen LogP contribution in [0.4, 0.5) is 5.82 Å². The first-order valence-electron chi connectivity index (χ1n) is 10.0. The van der Waals surface area contributed by atoms with Crippen molar-refractivity contribution in [3.05, 3.63) is 65.4 Å². The lowest BCUT2D eigenvalue weighted by Crippen LogP contribution is -2.46. The molecule has 1 saturated heterocycles. The maximum Gasteiger partial charge on any atom is 0.135 e. The van der Waals surface area contributed by atoms with E-state index in [1.807, 2.05) is 23.9 Å². The quantitative estimate of drug-likeness (QED) is 0.643. The van der Waals surface area contributed by atoms with E-state index in [1.54, 1.807) is 19.6 Å². The van der Waals surface area contributed by atoms with Gasteiger partial charge in [0.1, 0.15) is 17.9 Å². The van der Waals surface area contributed by atoms with Gasteiger partial charge in [0.25, 0.3) is 0 Å². The minimum Gasteiger partial charge on any atom is -0.496 e. The van der Waals surface area contributed by atoms with Crippen LogP contribution in [0.15, 0.2) is 43.0 Å². The topological polar surface area (TPSA) is 59.3 Å². The standard InChI is InChI=1S/C22H28N6O/c1-17-18(2)23-16-24-22(17)27-11-9-26(10-12-27)14-19-5-6-21(29-3)20(13-19)15-28-8-4-7-25-28/h4-8,13,16H,9-12,14-15H2,1-3H3. The molecule has 152 valence electrons. The molecule has 1 aliphatic rings. The fourth-order valence-electron chi connectivity index (χ4n) is 3.84. The number of hydrogen-bond acceptors (Lipinski definition) is 6. The highest BCUT2D eigenvalue weighted by Crippen LogP contribution is 2.23. The van der Waals surface area contributed by atoms with Gasteiger partial charge in [-0.1, -0.05) is 6.07 Å². The SMILES string of the molecule is COc1ccc(CN2CCN(c3ncnc(C)c3C)CC2)cc1Cn1cccn1.